The molecule has 12 heteroatoms. The van der Waals surface area contributed by atoms with Gasteiger partial charge in [-0.15, -0.1) is 20.2 Å². The highest BCUT2D eigenvalue weighted by Crippen LogP contribution is 2.08. The van der Waals surface area contributed by atoms with Crippen molar-refractivity contribution in [1.82, 2.24) is 0 Å². The van der Waals surface area contributed by atoms with Crippen LogP contribution in [0.3, 0.4) is 0 Å². The highest BCUT2D eigenvalue weighted by molar-refractivity contribution is 5.60. The third-order valence-corrected chi connectivity index (χ3v) is 2.57. The molecule has 12 nitrogen and oxygen atoms in total. The van der Waals surface area contributed by atoms with Gasteiger partial charge in [0.2, 0.25) is 0 Å². The molecule has 0 aliphatic heterocycles. The molecule has 1 atom stereocenters. The van der Waals surface area contributed by atoms with Crippen molar-refractivity contribution in [2.45, 2.75) is 38.2 Å². The quantitative estimate of drug-likeness (QED) is 0.207. The van der Waals surface area contributed by atoms with Crippen molar-refractivity contribution < 1.29 is 34.1 Å². The molecule has 0 bridgehead atoms. The molecule has 2 N–H and O–H groups in total. The van der Waals surface area contributed by atoms with Crippen molar-refractivity contribution in [2.24, 2.45) is 5.73 Å². The maximum Gasteiger partial charge on any atom is 0.508 e. The Morgan fingerprint density at radius 1 is 0.957 bits per heavy atom. The molecule has 0 heterocycles. The van der Waals surface area contributed by atoms with E-state index >= 15 is 0 Å². The lowest BCUT2D eigenvalue weighted by Crippen LogP contribution is -2.23. The van der Waals surface area contributed by atoms with E-state index in [2.05, 4.69) is 9.68 Å². The maximum atomic E-state index is 11.4. The van der Waals surface area contributed by atoms with E-state index in [1.165, 1.54) is 0 Å². The first-order chi connectivity index (χ1) is 11.0. The Bertz CT molecular complexity index is 367. The van der Waals surface area contributed by atoms with Crippen LogP contribution in [-0.2, 0) is 19.1 Å². The molecule has 0 aliphatic carbocycles. The number of nitrogens with zero attached hydrogens (tertiary/aromatic N) is 2. The maximum absolute atomic E-state index is 11.4. The molecule has 23 heavy (non-hydrogen) atoms. The zero-order valence-electron chi connectivity index (χ0n) is 12.6. The predicted octanol–water partition coefficient (Wildman–Crippen LogP) is 0.834. The summed E-state index contributed by atoms with van der Waals surface area (Å²) in [7, 11) is 0. The highest BCUT2D eigenvalue weighted by atomic mass is 17.0. The van der Waals surface area contributed by atoms with Crippen molar-refractivity contribution in [1.29, 1.82) is 0 Å². The summed E-state index contributed by atoms with van der Waals surface area (Å²) >= 11 is 0. The second-order valence-electron chi connectivity index (χ2n) is 4.38. The lowest BCUT2D eigenvalue weighted by Gasteiger charge is -2.16. The topological polar surface area (TPSA) is 166 Å². The van der Waals surface area contributed by atoms with Gasteiger partial charge in [-0.3, -0.25) is 0 Å². The zero-order chi connectivity index (χ0) is 17.5. The Morgan fingerprint density at radius 2 is 1.52 bits per heavy atom. The van der Waals surface area contributed by atoms with E-state index in [4.69, 9.17) is 15.2 Å². The van der Waals surface area contributed by atoms with Gasteiger partial charge < -0.3 is 24.9 Å². The zero-order valence-corrected chi connectivity index (χ0v) is 12.6. The van der Waals surface area contributed by atoms with E-state index in [0.717, 1.165) is 0 Å². The Kier molecular flexibility index (Phi) is 11.9. The van der Waals surface area contributed by atoms with Crippen molar-refractivity contribution >= 4 is 6.16 Å². The van der Waals surface area contributed by atoms with Gasteiger partial charge in [0.05, 0.1) is 19.8 Å². The second kappa shape index (κ2) is 13.3. The summed E-state index contributed by atoms with van der Waals surface area (Å²) in [6.45, 7) is 0.159. The van der Waals surface area contributed by atoms with Crippen LogP contribution in [0.1, 0.15) is 32.1 Å². The summed E-state index contributed by atoms with van der Waals surface area (Å²) in [5, 5.41) is 18.1. The molecule has 0 aromatic heterocycles. The molecule has 0 spiro atoms. The fraction of sp³-hybridized carbons (Fsp3) is 0.909. The highest BCUT2D eigenvalue weighted by Gasteiger charge is 2.15. The van der Waals surface area contributed by atoms with Gasteiger partial charge in [0.1, 0.15) is 6.10 Å². The van der Waals surface area contributed by atoms with E-state index in [9.17, 15) is 25.0 Å². The first kappa shape index (κ1) is 20.6. The molecule has 0 aliphatic rings. The number of ether oxygens (including phenoxy) is 2. The van der Waals surface area contributed by atoms with Crippen LogP contribution >= 0.6 is 0 Å². The Labute approximate surface area is 132 Å². The molecule has 0 amide bonds. The van der Waals surface area contributed by atoms with Gasteiger partial charge >= 0.3 is 6.16 Å². The second-order valence-corrected chi connectivity index (χ2v) is 4.38. The average molecular weight is 339 g/mol. The third kappa shape index (κ3) is 14.3. The molecule has 0 rings (SSSR count). The van der Waals surface area contributed by atoms with Gasteiger partial charge in [-0.05, 0) is 38.6 Å². The summed E-state index contributed by atoms with van der Waals surface area (Å²) in [5.74, 6) is 0. The summed E-state index contributed by atoms with van der Waals surface area (Å²) in [4.78, 5) is 39.6. The SMILES string of the molecule is NCCC(CCCO[N+](=O)[O-])OC(=O)OCCCCO[N+](=O)[O-]. The fourth-order valence-electron chi connectivity index (χ4n) is 1.57. The van der Waals surface area contributed by atoms with Gasteiger partial charge in [-0.2, -0.15) is 0 Å². The van der Waals surface area contributed by atoms with Gasteiger partial charge in [-0.25, -0.2) is 4.79 Å². The summed E-state index contributed by atoms with van der Waals surface area (Å²) < 4.78 is 9.84. The minimum Gasteiger partial charge on any atom is -0.434 e. The molecule has 0 aromatic carbocycles. The molecule has 0 fully saturated rings. The smallest absolute Gasteiger partial charge is 0.434 e. The minimum absolute atomic E-state index is 0.0414. The molecular formula is C11H21N3O9. The van der Waals surface area contributed by atoms with Gasteiger partial charge in [-0.1, -0.05) is 0 Å². The number of hydrogen-bond donors (Lipinski definition) is 1. The van der Waals surface area contributed by atoms with Gasteiger partial charge in [0, 0.05) is 0 Å². The first-order valence-electron chi connectivity index (χ1n) is 7.03. The Hall–Kier alpha value is -2.37. The number of carbonyl (C=O) groups is 1. The molecule has 0 saturated carbocycles. The number of carbonyl (C=O) groups excluding carboxylic acids is 1. The number of unbranched alkanes of at least 4 members (excludes halogenated alkanes) is 1. The summed E-state index contributed by atoms with van der Waals surface area (Å²) in [6.07, 6.45) is 0.437. The molecule has 0 aromatic rings. The minimum atomic E-state index is -0.894. The first-order valence-corrected chi connectivity index (χ1v) is 7.03. The van der Waals surface area contributed by atoms with Crippen molar-refractivity contribution in [3.63, 3.8) is 0 Å². The fourth-order valence-corrected chi connectivity index (χ4v) is 1.57. The van der Waals surface area contributed by atoms with Crippen LogP contribution in [0.15, 0.2) is 0 Å². The molecule has 1 unspecified atom stereocenters. The van der Waals surface area contributed by atoms with E-state index in [1.807, 2.05) is 0 Å². The number of hydrogen-bond acceptors (Lipinski definition) is 10. The lowest BCUT2D eigenvalue weighted by atomic mass is 10.1. The van der Waals surface area contributed by atoms with Gasteiger partial charge in [0.25, 0.3) is 10.2 Å². The lowest BCUT2D eigenvalue weighted by molar-refractivity contribution is -0.757. The Morgan fingerprint density at radius 3 is 2.09 bits per heavy atom. The van der Waals surface area contributed by atoms with Crippen LogP contribution in [0.5, 0.6) is 0 Å². The van der Waals surface area contributed by atoms with Crippen LogP contribution in [0.25, 0.3) is 0 Å². The van der Waals surface area contributed by atoms with E-state index < -0.39 is 22.4 Å². The van der Waals surface area contributed by atoms with Crippen molar-refractivity contribution in [2.75, 3.05) is 26.4 Å². The summed E-state index contributed by atoms with van der Waals surface area (Å²) in [5.41, 5.74) is 5.40. The predicted molar refractivity (Wildman–Crippen MR) is 74.3 cm³/mol. The normalized spacial score (nSPS) is 11.3. The molecule has 0 radical (unpaired) electrons. The van der Waals surface area contributed by atoms with Gasteiger partial charge in [0.15, 0.2) is 0 Å². The molecule has 0 saturated heterocycles. The largest absolute Gasteiger partial charge is 0.508 e. The van der Waals surface area contributed by atoms with Crippen LogP contribution in [0, 0.1) is 20.2 Å². The Balaban J connectivity index is 3.78. The van der Waals surface area contributed by atoms with Crippen molar-refractivity contribution in [3.8, 4) is 0 Å². The standard InChI is InChI=1S/C11H21N3O9/c12-6-5-10(4-3-9-22-14(18)19)23-11(15)20-7-1-2-8-21-13(16)17/h10H,1-9,12H2. The molecular weight excluding hydrogens is 318 g/mol. The van der Waals surface area contributed by atoms with E-state index in [1.54, 1.807) is 0 Å². The third-order valence-electron chi connectivity index (χ3n) is 2.57. The van der Waals surface area contributed by atoms with E-state index in [0.29, 0.717) is 32.1 Å². The average Bonchev–Trinajstić information content (AvgIpc) is 2.46. The number of rotatable bonds is 14. The number of nitrogens with two attached hydrogens (primary N) is 1. The van der Waals surface area contributed by atoms with Crippen LogP contribution in [0.2, 0.25) is 0 Å². The monoisotopic (exact) mass is 339 g/mol. The van der Waals surface area contributed by atoms with Crippen LogP contribution < -0.4 is 5.73 Å². The molecule has 134 valence electrons. The van der Waals surface area contributed by atoms with E-state index in [-0.39, 0.29) is 26.4 Å². The van der Waals surface area contributed by atoms with Crippen LogP contribution in [-0.4, -0.2) is 48.8 Å². The summed E-state index contributed by atoms with van der Waals surface area (Å²) in [6, 6.07) is 0. The van der Waals surface area contributed by atoms with Crippen LogP contribution in [0.4, 0.5) is 4.79 Å². The van der Waals surface area contributed by atoms with Crippen molar-refractivity contribution in [3.05, 3.63) is 20.2 Å².